The summed E-state index contributed by atoms with van der Waals surface area (Å²) in [4.78, 5) is 16.1. The molecule has 2 aromatic carbocycles. The molecule has 3 rings (SSSR count). The lowest BCUT2D eigenvalue weighted by atomic mass is 9.99. The first kappa shape index (κ1) is 16.2. The molecule has 0 spiro atoms. The van der Waals surface area contributed by atoms with E-state index in [1.165, 1.54) is 26.4 Å². The van der Waals surface area contributed by atoms with Crippen LogP contribution in [-0.4, -0.2) is 25.2 Å². The van der Waals surface area contributed by atoms with E-state index in [1.807, 2.05) is 0 Å². The highest BCUT2D eigenvalue weighted by Gasteiger charge is 2.16. The normalized spacial score (nSPS) is 10.7. The van der Waals surface area contributed by atoms with Crippen molar-refractivity contribution in [3.8, 4) is 16.9 Å². The van der Waals surface area contributed by atoms with E-state index in [2.05, 4.69) is 4.98 Å². The maximum absolute atomic E-state index is 14.5. The van der Waals surface area contributed by atoms with Crippen LogP contribution in [0.4, 0.5) is 4.39 Å². The topological polar surface area (TPSA) is 48.4 Å². The van der Waals surface area contributed by atoms with Crippen molar-refractivity contribution in [3.63, 3.8) is 0 Å². The van der Waals surface area contributed by atoms with Gasteiger partial charge in [-0.3, -0.25) is 0 Å². The highest BCUT2D eigenvalue weighted by atomic mass is 35.5. The summed E-state index contributed by atoms with van der Waals surface area (Å²) in [6.45, 7) is 0. The molecule has 0 atom stereocenters. The van der Waals surface area contributed by atoms with E-state index < -0.39 is 11.8 Å². The second kappa shape index (κ2) is 6.45. The Morgan fingerprint density at radius 1 is 1.08 bits per heavy atom. The molecule has 0 fully saturated rings. The molecule has 6 heteroatoms. The predicted octanol–water partition coefficient (Wildman–Crippen LogP) is 4.49. The number of carbonyl (C=O) groups excluding carboxylic acids is 1. The maximum Gasteiger partial charge on any atom is 0.356 e. The zero-order valence-corrected chi connectivity index (χ0v) is 13.7. The Morgan fingerprint density at radius 2 is 1.88 bits per heavy atom. The Bertz CT molecular complexity index is 943. The number of benzene rings is 2. The lowest BCUT2D eigenvalue weighted by molar-refractivity contribution is 0.0594. The predicted molar refractivity (Wildman–Crippen MR) is 90.0 cm³/mol. The number of hydrogen-bond donors (Lipinski definition) is 0. The molecule has 0 saturated heterocycles. The fourth-order valence-electron chi connectivity index (χ4n) is 2.47. The van der Waals surface area contributed by atoms with Gasteiger partial charge in [-0.2, -0.15) is 0 Å². The number of ether oxygens (including phenoxy) is 2. The van der Waals surface area contributed by atoms with Gasteiger partial charge in [-0.25, -0.2) is 14.2 Å². The monoisotopic (exact) mass is 345 g/mol. The van der Waals surface area contributed by atoms with Gasteiger partial charge >= 0.3 is 5.97 Å². The van der Waals surface area contributed by atoms with Crippen LogP contribution >= 0.6 is 11.6 Å². The molecule has 3 aromatic rings. The fraction of sp³-hybridized carbons (Fsp3) is 0.111. The van der Waals surface area contributed by atoms with Gasteiger partial charge in [0.05, 0.1) is 19.7 Å². The summed E-state index contributed by atoms with van der Waals surface area (Å²) < 4.78 is 24.3. The third-order valence-corrected chi connectivity index (χ3v) is 3.87. The standard InChI is InChI=1S/C18H13ClFNO3/c1-23-11-4-6-12(15(20)8-11)14-9-17(18(22)24-2)21-16-7-10(19)3-5-13(14)16/h3-9H,1-2H3. The van der Waals surface area contributed by atoms with Crippen molar-refractivity contribution in [1.29, 1.82) is 0 Å². The summed E-state index contributed by atoms with van der Waals surface area (Å²) in [5, 5.41) is 1.15. The van der Waals surface area contributed by atoms with Crippen LogP contribution in [0.1, 0.15) is 10.5 Å². The smallest absolute Gasteiger partial charge is 0.356 e. The molecular formula is C18H13ClFNO3. The van der Waals surface area contributed by atoms with Gasteiger partial charge in [-0.15, -0.1) is 0 Å². The number of fused-ring (bicyclic) bond motifs is 1. The quantitative estimate of drug-likeness (QED) is 0.656. The summed E-state index contributed by atoms with van der Waals surface area (Å²) in [6, 6.07) is 11.1. The first-order valence-electron chi connectivity index (χ1n) is 7.06. The molecule has 122 valence electrons. The molecule has 0 saturated carbocycles. The second-order valence-corrected chi connectivity index (χ2v) is 5.49. The number of halogens is 2. The van der Waals surface area contributed by atoms with Gasteiger partial charge in [0.1, 0.15) is 17.3 Å². The fourth-order valence-corrected chi connectivity index (χ4v) is 2.64. The Morgan fingerprint density at radius 3 is 2.54 bits per heavy atom. The van der Waals surface area contributed by atoms with Gasteiger partial charge in [-0.05, 0) is 35.9 Å². The Kier molecular flexibility index (Phi) is 4.36. The SMILES string of the molecule is COC(=O)c1cc(-c2ccc(OC)cc2F)c2ccc(Cl)cc2n1. The van der Waals surface area contributed by atoms with Crippen LogP contribution in [-0.2, 0) is 4.74 Å². The van der Waals surface area contributed by atoms with E-state index in [0.717, 1.165) is 0 Å². The number of rotatable bonds is 3. The molecule has 0 radical (unpaired) electrons. The van der Waals surface area contributed by atoms with E-state index in [9.17, 15) is 9.18 Å². The van der Waals surface area contributed by atoms with Crippen molar-refractivity contribution in [2.45, 2.75) is 0 Å². The van der Waals surface area contributed by atoms with Crippen LogP contribution in [0, 0.1) is 5.82 Å². The largest absolute Gasteiger partial charge is 0.497 e. The zero-order chi connectivity index (χ0) is 17.3. The van der Waals surface area contributed by atoms with Crippen LogP contribution < -0.4 is 4.74 Å². The summed E-state index contributed by atoms with van der Waals surface area (Å²) in [7, 11) is 2.73. The molecule has 0 N–H and O–H groups in total. The van der Waals surface area contributed by atoms with Crippen LogP contribution in [0.5, 0.6) is 5.75 Å². The molecule has 4 nitrogen and oxygen atoms in total. The second-order valence-electron chi connectivity index (χ2n) is 5.05. The van der Waals surface area contributed by atoms with Crippen molar-refractivity contribution in [1.82, 2.24) is 4.98 Å². The Balaban J connectivity index is 2.31. The van der Waals surface area contributed by atoms with Crippen LogP contribution in [0.15, 0.2) is 42.5 Å². The van der Waals surface area contributed by atoms with E-state index in [-0.39, 0.29) is 5.69 Å². The van der Waals surface area contributed by atoms with Gasteiger partial charge < -0.3 is 9.47 Å². The molecule has 1 heterocycles. The Labute approximate surface area is 142 Å². The van der Waals surface area contributed by atoms with Crippen molar-refractivity contribution >= 4 is 28.5 Å². The minimum absolute atomic E-state index is 0.0810. The zero-order valence-electron chi connectivity index (χ0n) is 13.0. The van der Waals surface area contributed by atoms with E-state index >= 15 is 0 Å². The molecule has 1 aromatic heterocycles. The van der Waals surface area contributed by atoms with Gasteiger partial charge in [0.15, 0.2) is 0 Å². The number of pyridine rings is 1. The van der Waals surface area contributed by atoms with Crippen LogP contribution in [0.2, 0.25) is 5.02 Å². The molecule has 0 bridgehead atoms. The van der Waals surface area contributed by atoms with Crippen molar-refractivity contribution in [2.24, 2.45) is 0 Å². The summed E-state index contributed by atoms with van der Waals surface area (Å²) in [5.74, 6) is -0.662. The third-order valence-electron chi connectivity index (χ3n) is 3.63. The van der Waals surface area contributed by atoms with Crippen molar-refractivity contribution in [2.75, 3.05) is 14.2 Å². The highest BCUT2D eigenvalue weighted by molar-refractivity contribution is 6.31. The van der Waals surface area contributed by atoms with Crippen LogP contribution in [0.3, 0.4) is 0 Å². The molecule has 0 unspecified atom stereocenters. The highest BCUT2D eigenvalue weighted by Crippen LogP contribution is 2.33. The summed E-state index contributed by atoms with van der Waals surface area (Å²) in [6.07, 6.45) is 0. The number of hydrogen-bond acceptors (Lipinski definition) is 4. The molecule has 24 heavy (non-hydrogen) atoms. The average molecular weight is 346 g/mol. The molecule has 0 amide bonds. The number of nitrogens with zero attached hydrogens (tertiary/aromatic N) is 1. The molecule has 0 aliphatic rings. The van der Waals surface area contributed by atoms with E-state index in [1.54, 1.807) is 30.3 Å². The van der Waals surface area contributed by atoms with Gasteiger partial charge in [0, 0.05) is 22.0 Å². The summed E-state index contributed by atoms with van der Waals surface area (Å²) in [5.41, 5.74) is 1.42. The number of methoxy groups -OCH3 is 2. The van der Waals surface area contributed by atoms with Gasteiger partial charge in [-0.1, -0.05) is 17.7 Å². The number of esters is 1. The lowest BCUT2D eigenvalue weighted by Gasteiger charge is -2.11. The third kappa shape index (κ3) is 2.90. The minimum atomic E-state index is -0.605. The minimum Gasteiger partial charge on any atom is -0.497 e. The first-order chi connectivity index (χ1) is 11.5. The van der Waals surface area contributed by atoms with Crippen molar-refractivity contribution in [3.05, 3.63) is 59.0 Å². The molecular weight excluding hydrogens is 333 g/mol. The first-order valence-corrected chi connectivity index (χ1v) is 7.44. The lowest BCUT2D eigenvalue weighted by Crippen LogP contribution is -2.05. The maximum atomic E-state index is 14.5. The summed E-state index contributed by atoms with van der Waals surface area (Å²) >= 11 is 6.01. The number of carbonyl (C=O) groups is 1. The Hall–Kier alpha value is -2.66. The van der Waals surface area contributed by atoms with Gasteiger partial charge in [0.25, 0.3) is 0 Å². The molecule has 0 aliphatic heterocycles. The van der Waals surface area contributed by atoms with E-state index in [0.29, 0.717) is 32.8 Å². The number of aromatic nitrogens is 1. The van der Waals surface area contributed by atoms with Crippen molar-refractivity contribution < 1.29 is 18.7 Å². The van der Waals surface area contributed by atoms with Gasteiger partial charge in [0.2, 0.25) is 0 Å². The van der Waals surface area contributed by atoms with Crippen LogP contribution in [0.25, 0.3) is 22.0 Å². The molecule has 0 aliphatic carbocycles. The van der Waals surface area contributed by atoms with E-state index in [4.69, 9.17) is 21.1 Å². The average Bonchev–Trinajstić information content (AvgIpc) is 2.59.